The van der Waals surface area contributed by atoms with E-state index < -0.39 is 0 Å². The van der Waals surface area contributed by atoms with Crippen LogP contribution >= 0.6 is 11.6 Å². The Morgan fingerprint density at radius 2 is 1.88 bits per heavy atom. The first-order valence-electron chi connectivity index (χ1n) is 6.26. The third-order valence-corrected chi connectivity index (χ3v) is 3.55. The van der Waals surface area contributed by atoms with Crippen molar-refractivity contribution in [3.05, 3.63) is 28.8 Å². The Morgan fingerprint density at radius 3 is 2.53 bits per heavy atom. The molecule has 0 atom stereocenters. The number of benzene rings is 1. The van der Waals surface area contributed by atoms with Gasteiger partial charge in [-0.25, -0.2) is 0 Å². The summed E-state index contributed by atoms with van der Waals surface area (Å²) in [6, 6.07) is 8.17. The summed E-state index contributed by atoms with van der Waals surface area (Å²) >= 11 is 5.89. The molecule has 17 heavy (non-hydrogen) atoms. The zero-order chi connectivity index (χ0) is 12.1. The topological polar surface area (TPSA) is 35.8 Å². The van der Waals surface area contributed by atoms with Crippen molar-refractivity contribution >= 4 is 17.3 Å². The second-order valence-corrected chi connectivity index (χ2v) is 5.07. The van der Waals surface area contributed by atoms with Crippen LogP contribution in [0.5, 0.6) is 0 Å². The zero-order valence-electron chi connectivity index (χ0n) is 9.88. The first-order chi connectivity index (χ1) is 8.29. The number of nitriles is 1. The van der Waals surface area contributed by atoms with E-state index in [9.17, 15) is 0 Å². The Morgan fingerprint density at radius 1 is 1.18 bits per heavy atom. The van der Waals surface area contributed by atoms with Crippen molar-refractivity contribution in [2.24, 2.45) is 0 Å². The third-order valence-electron chi connectivity index (χ3n) is 3.32. The van der Waals surface area contributed by atoms with Crippen molar-refractivity contribution in [3.8, 4) is 6.07 Å². The van der Waals surface area contributed by atoms with Crippen LogP contribution in [0.15, 0.2) is 18.2 Å². The van der Waals surface area contributed by atoms with Crippen molar-refractivity contribution in [2.75, 3.05) is 5.32 Å². The lowest BCUT2D eigenvalue weighted by Crippen LogP contribution is -2.18. The molecule has 1 saturated carbocycles. The fourth-order valence-electron chi connectivity index (χ4n) is 2.38. The van der Waals surface area contributed by atoms with Gasteiger partial charge in [0.05, 0.1) is 11.3 Å². The molecular formula is C14H17ClN2. The SMILES string of the molecule is N#Cc1cc(Cl)ccc1NC1CCCCCC1. The molecule has 0 bridgehead atoms. The van der Waals surface area contributed by atoms with E-state index in [1.165, 1.54) is 38.5 Å². The highest BCUT2D eigenvalue weighted by molar-refractivity contribution is 6.30. The number of hydrogen-bond acceptors (Lipinski definition) is 2. The van der Waals surface area contributed by atoms with Crippen molar-refractivity contribution in [1.82, 2.24) is 0 Å². The highest BCUT2D eigenvalue weighted by Crippen LogP contribution is 2.25. The Labute approximate surface area is 108 Å². The van der Waals surface area contributed by atoms with Gasteiger partial charge in [-0.2, -0.15) is 5.26 Å². The van der Waals surface area contributed by atoms with Crippen LogP contribution in [0.1, 0.15) is 44.1 Å². The molecule has 2 nitrogen and oxygen atoms in total. The van der Waals surface area contributed by atoms with Gasteiger partial charge < -0.3 is 5.32 Å². The molecule has 0 amide bonds. The molecule has 0 radical (unpaired) electrons. The number of nitrogens with zero attached hydrogens (tertiary/aromatic N) is 1. The highest BCUT2D eigenvalue weighted by Gasteiger charge is 2.13. The molecule has 1 aromatic rings. The zero-order valence-corrected chi connectivity index (χ0v) is 10.6. The van der Waals surface area contributed by atoms with E-state index in [1.807, 2.05) is 12.1 Å². The van der Waals surface area contributed by atoms with Crippen LogP contribution in [0.25, 0.3) is 0 Å². The van der Waals surface area contributed by atoms with Crippen molar-refractivity contribution < 1.29 is 0 Å². The number of anilines is 1. The lowest BCUT2D eigenvalue weighted by molar-refractivity contribution is 0.620. The van der Waals surface area contributed by atoms with Gasteiger partial charge in [-0.15, -0.1) is 0 Å². The van der Waals surface area contributed by atoms with Crippen LogP contribution in [0, 0.1) is 11.3 Å². The molecular weight excluding hydrogens is 232 g/mol. The molecule has 0 aromatic heterocycles. The molecule has 0 heterocycles. The van der Waals surface area contributed by atoms with Crippen LogP contribution in [-0.4, -0.2) is 6.04 Å². The first-order valence-corrected chi connectivity index (χ1v) is 6.63. The minimum atomic E-state index is 0.505. The van der Waals surface area contributed by atoms with Crippen LogP contribution in [-0.2, 0) is 0 Å². The van der Waals surface area contributed by atoms with Gasteiger partial charge >= 0.3 is 0 Å². The van der Waals surface area contributed by atoms with Gasteiger partial charge in [-0.05, 0) is 31.0 Å². The molecule has 1 aliphatic rings. The van der Waals surface area contributed by atoms with E-state index in [2.05, 4.69) is 11.4 Å². The van der Waals surface area contributed by atoms with E-state index in [4.69, 9.17) is 16.9 Å². The average molecular weight is 249 g/mol. The highest BCUT2D eigenvalue weighted by atomic mass is 35.5. The van der Waals surface area contributed by atoms with Crippen LogP contribution in [0.3, 0.4) is 0 Å². The van der Waals surface area contributed by atoms with Crippen molar-refractivity contribution in [2.45, 2.75) is 44.6 Å². The number of halogens is 1. The smallest absolute Gasteiger partial charge is 0.101 e. The first kappa shape index (κ1) is 12.3. The van der Waals surface area contributed by atoms with Gasteiger partial charge in [0, 0.05) is 11.1 Å². The molecule has 3 heteroatoms. The standard InChI is InChI=1S/C14H17ClN2/c15-12-7-8-14(11(9-12)10-16)17-13-5-3-1-2-4-6-13/h7-9,13,17H,1-6H2. The predicted molar refractivity (Wildman–Crippen MR) is 71.3 cm³/mol. The molecule has 1 N–H and O–H groups in total. The van der Waals surface area contributed by atoms with Gasteiger partial charge in [0.1, 0.15) is 6.07 Å². The maximum absolute atomic E-state index is 9.08. The van der Waals surface area contributed by atoms with E-state index >= 15 is 0 Å². The second kappa shape index (κ2) is 5.93. The van der Waals surface area contributed by atoms with Gasteiger partial charge in [0.25, 0.3) is 0 Å². The Bertz CT molecular complexity index is 415. The van der Waals surface area contributed by atoms with Crippen molar-refractivity contribution in [3.63, 3.8) is 0 Å². The second-order valence-electron chi connectivity index (χ2n) is 4.63. The monoisotopic (exact) mass is 248 g/mol. The Kier molecular flexibility index (Phi) is 4.28. The minimum Gasteiger partial charge on any atom is -0.381 e. The summed E-state index contributed by atoms with van der Waals surface area (Å²) in [5.74, 6) is 0. The van der Waals surface area contributed by atoms with Crippen molar-refractivity contribution in [1.29, 1.82) is 5.26 Å². The normalized spacial score (nSPS) is 17.2. The van der Waals surface area contributed by atoms with Gasteiger partial charge in [0.2, 0.25) is 0 Å². The van der Waals surface area contributed by atoms with Crippen LogP contribution in [0.2, 0.25) is 5.02 Å². The lowest BCUT2D eigenvalue weighted by Gasteiger charge is -2.18. The van der Waals surface area contributed by atoms with E-state index in [0.29, 0.717) is 16.6 Å². The molecule has 1 fully saturated rings. The summed E-state index contributed by atoms with van der Waals surface area (Å²) in [5, 5.41) is 13.2. The number of nitrogens with one attached hydrogen (secondary N) is 1. The van der Waals surface area contributed by atoms with E-state index in [0.717, 1.165) is 5.69 Å². The van der Waals surface area contributed by atoms with E-state index in [-0.39, 0.29) is 0 Å². The Balaban J connectivity index is 2.09. The largest absolute Gasteiger partial charge is 0.381 e. The van der Waals surface area contributed by atoms with Gasteiger partial charge in [-0.3, -0.25) is 0 Å². The fraction of sp³-hybridized carbons (Fsp3) is 0.500. The van der Waals surface area contributed by atoms with Gasteiger partial charge in [0.15, 0.2) is 0 Å². The Hall–Kier alpha value is -1.20. The fourth-order valence-corrected chi connectivity index (χ4v) is 2.55. The molecule has 1 aliphatic carbocycles. The summed E-state index contributed by atoms with van der Waals surface area (Å²) in [7, 11) is 0. The maximum atomic E-state index is 9.08. The molecule has 0 aliphatic heterocycles. The summed E-state index contributed by atoms with van der Waals surface area (Å²) in [6.07, 6.45) is 7.65. The number of hydrogen-bond donors (Lipinski definition) is 1. The summed E-state index contributed by atoms with van der Waals surface area (Å²) in [4.78, 5) is 0. The molecule has 2 rings (SSSR count). The third kappa shape index (κ3) is 3.38. The summed E-state index contributed by atoms with van der Waals surface area (Å²) < 4.78 is 0. The predicted octanol–water partition coefficient (Wildman–Crippen LogP) is 4.35. The van der Waals surface area contributed by atoms with Crippen LogP contribution < -0.4 is 5.32 Å². The maximum Gasteiger partial charge on any atom is 0.101 e. The van der Waals surface area contributed by atoms with Gasteiger partial charge in [-0.1, -0.05) is 37.3 Å². The molecule has 0 spiro atoms. The average Bonchev–Trinajstić information content (AvgIpc) is 2.60. The van der Waals surface area contributed by atoms with E-state index in [1.54, 1.807) is 6.07 Å². The number of rotatable bonds is 2. The molecule has 0 unspecified atom stereocenters. The summed E-state index contributed by atoms with van der Waals surface area (Å²) in [6.45, 7) is 0. The van der Waals surface area contributed by atoms with Crippen LogP contribution in [0.4, 0.5) is 5.69 Å². The molecule has 1 aromatic carbocycles. The molecule has 90 valence electrons. The molecule has 0 saturated heterocycles. The minimum absolute atomic E-state index is 0.505. The lowest BCUT2D eigenvalue weighted by atomic mass is 10.1. The quantitative estimate of drug-likeness (QED) is 0.790. The summed E-state index contributed by atoms with van der Waals surface area (Å²) in [5.41, 5.74) is 1.56.